The van der Waals surface area contributed by atoms with Crippen LogP contribution < -0.4 is 10.9 Å². The summed E-state index contributed by atoms with van der Waals surface area (Å²) in [5, 5.41) is 12.4. The van der Waals surface area contributed by atoms with Crippen molar-refractivity contribution in [3.63, 3.8) is 0 Å². The molecule has 0 spiro atoms. The molecule has 7 nitrogen and oxygen atoms in total. The lowest BCUT2D eigenvalue weighted by Crippen LogP contribution is -2.35. The lowest BCUT2D eigenvalue weighted by molar-refractivity contribution is 0.0342. The molecule has 2 aromatic rings. The van der Waals surface area contributed by atoms with Gasteiger partial charge in [0.1, 0.15) is 0 Å². The van der Waals surface area contributed by atoms with E-state index in [9.17, 15) is 9.90 Å². The van der Waals surface area contributed by atoms with Crippen molar-refractivity contribution >= 4 is 17.1 Å². The van der Waals surface area contributed by atoms with E-state index in [1.807, 2.05) is 25.1 Å². The predicted octanol–water partition coefficient (Wildman–Crippen LogP) is 2.14. The molecule has 1 aliphatic heterocycles. The van der Waals surface area contributed by atoms with Crippen molar-refractivity contribution in [2.24, 2.45) is 7.05 Å². The zero-order valence-corrected chi connectivity index (χ0v) is 16.5. The van der Waals surface area contributed by atoms with Gasteiger partial charge in [-0.3, -0.25) is 9.69 Å². The fourth-order valence-electron chi connectivity index (χ4n) is 3.23. The number of benzene rings is 1. The van der Waals surface area contributed by atoms with Gasteiger partial charge in [-0.15, -0.1) is 0 Å². The van der Waals surface area contributed by atoms with Gasteiger partial charge in [0, 0.05) is 45.2 Å². The van der Waals surface area contributed by atoms with Crippen molar-refractivity contribution in [1.29, 1.82) is 0 Å². The van der Waals surface area contributed by atoms with E-state index in [1.165, 1.54) is 10.1 Å². The summed E-state index contributed by atoms with van der Waals surface area (Å²) < 4.78 is 6.90. The molecule has 0 unspecified atom stereocenters. The molecule has 0 atom stereocenters. The molecule has 1 fully saturated rings. The molecular weight excluding hydrogens is 356 g/mol. The first-order chi connectivity index (χ1) is 13.6. The van der Waals surface area contributed by atoms with Crippen molar-refractivity contribution in [3.8, 4) is 0 Å². The Morgan fingerprint density at radius 2 is 2.00 bits per heavy atom. The largest absolute Gasteiger partial charge is 0.396 e. The Morgan fingerprint density at radius 1 is 1.29 bits per heavy atom. The van der Waals surface area contributed by atoms with E-state index in [1.54, 1.807) is 13.2 Å². The molecule has 2 heterocycles. The Kier molecular flexibility index (Phi) is 6.97. The number of nitrogens with one attached hydrogen (secondary N) is 1. The zero-order chi connectivity index (χ0) is 19.9. The maximum atomic E-state index is 12.5. The molecule has 1 aliphatic rings. The molecule has 1 aromatic heterocycles. The third-order valence-corrected chi connectivity index (χ3v) is 4.86. The molecule has 0 saturated carbocycles. The summed E-state index contributed by atoms with van der Waals surface area (Å²) in [5.74, 6) is 0.276. The monoisotopic (exact) mass is 384 g/mol. The van der Waals surface area contributed by atoms with E-state index in [2.05, 4.69) is 27.3 Å². The van der Waals surface area contributed by atoms with Crippen LogP contribution in [0.4, 0.5) is 11.5 Å². The minimum atomic E-state index is -0.194. The number of ether oxygens (including phenoxy) is 1. The van der Waals surface area contributed by atoms with E-state index in [0.717, 1.165) is 44.1 Å². The van der Waals surface area contributed by atoms with Crippen molar-refractivity contribution in [3.05, 3.63) is 58.1 Å². The minimum absolute atomic E-state index is 0.0392. The molecule has 0 amide bonds. The van der Waals surface area contributed by atoms with Crippen LogP contribution in [0, 0.1) is 0 Å². The van der Waals surface area contributed by atoms with Gasteiger partial charge < -0.3 is 19.7 Å². The number of hydrogen-bond donors (Lipinski definition) is 2. The third-order valence-electron chi connectivity index (χ3n) is 4.86. The summed E-state index contributed by atoms with van der Waals surface area (Å²) in [6, 6.07) is 8.06. The summed E-state index contributed by atoms with van der Waals surface area (Å²) >= 11 is 0. The minimum Gasteiger partial charge on any atom is -0.396 e. The lowest BCUT2D eigenvalue weighted by Gasteiger charge is -2.26. The van der Waals surface area contributed by atoms with E-state index in [4.69, 9.17) is 4.74 Å². The van der Waals surface area contributed by atoms with Gasteiger partial charge >= 0.3 is 0 Å². The Labute approximate surface area is 165 Å². The Morgan fingerprint density at radius 3 is 2.64 bits per heavy atom. The van der Waals surface area contributed by atoms with Gasteiger partial charge in [-0.1, -0.05) is 18.2 Å². The molecule has 7 heteroatoms. The molecule has 3 rings (SSSR count). The number of hydrogen-bond acceptors (Lipinski definition) is 6. The van der Waals surface area contributed by atoms with Crippen molar-refractivity contribution < 1.29 is 9.84 Å². The highest BCUT2D eigenvalue weighted by Crippen LogP contribution is 2.19. The standard InChI is InChI=1S/C21H28N4O3/c1-3-17(8-11-26)19-15-24(2)21(27)20(23-19)22-18-6-4-16(5-7-18)14-25-9-12-28-13-10-25/h3-7,15,26H,8-14H2,1-2H3,(H,22,23). The quantitative estimate of drug-likeness (QED) is 0.761. The summed E-state index contributed by atoms with van der Waals surface area (Å²) in [5.41, 5.74) is 3.44. The van der Waals surface area contributed by atoms with E-state index >= 15 is 0 Å². The van der Waals surface area contributed by atoms with Gasteiger partial charge in [0.25, 0.3) is 5.56 Å². The zero-order valence-electron chi connectivity index (χ0n) is 16.5. The number of aliphatic hydroxyl groups excluding tert-OH is 1. The molecule has 1 aromatic carbocycles. The second-order valence-corrected chi connectivity index (χ2v) is 6.89. The summed E-state index contributed by atoms with van der Waals surface area (Å²) in [4.78, 5) is 19.3. The first-order valence-electron chi connectivity index (χ1n) is 9.61. The number of rotatable bonds is 7. The molecule has 0 bridgehead atoms. The predicted molar refractivity (Wildman–Crippen MR) is 111 cm³/mol. The van der Waals surface area contributed by atoms with E-state index in [-0.39, 0.29) is 18.0 Å². The molecule has 1 saturated heterocycles. The normalized spacial score (nSPS) is 15.6. The Hall–Kier alpha value is -2.48. The van der Waals surface area contributed by atoms with Crippen LogP contribution in [0.15, 0.2) is 41.3 Å². The number of aliphatic hydroxyl groups is 1. The Bertz CT molecular complexity index is 868. The highest BCUT2D eigenvalue weighted by atomic mass is 16.5. The SMILES string of the molecule is CC=C(CCO)c1cn(C)c(=O)c(Nc2ccc(CN3CCOCC3)cc2)n1. The van der Waals surface area contributed by atoms with Crippen LogP contribution in [0.2, 0.25) is 0 Å². The van der Waals surface area contributed by atoms with Crippen LogP contribution in [0.3, 0.4) is 0 Å². The van der Waals surface area contributed by atoms with Gasteiger partial charge in [-0.25, -0.2) is 4.98 Å². The average molecular weight is 384 g/mol. The second kappa shape index (κ2) is 9.64. The highest BCUT2D eigenvalue weighted by molar-refractivity contribution is 5.64. The van der Waals surface area contributed by atoms with Crippen molar-refractivity contribution in [1.82, 2.24) is 14.5 Å². The van der Waals surface area contributed by atoms with Crippen molar-refractivity contribution in [2.45, 2.75) is 19.9 Å². The topological polar surface area (TPSA) is 79.6 Å². The fourth-order valence-corrected chi connectivity index (χ4v) is 3.23. The maximum Gasteiger partial charge on any atom is 0.293 e. The van der Waals surface area contributed by atoms with Crippen LogP contribution in [0.1, 0.15) is 24.6 Å². The molecule has 0 radical (unpaired) electrons. The van der Waals surface area contributed by atoms with E-state index < -0.39 is 0 Å². The van der Waals surface area contributed by atoms with Gasteiger partial charge in [0.05, 0.1) is 18.9 Å². The van der Waals surface area contributed by atoms with Crippen LogP contribution in [-0.4, -0.2) is 52.5 Å². The van der Waals surface area contributed by atoms with Gasteiger partial charge in [0.15, 0.2) is 5.82 Å². The number of morpholine rings is 1. The van der Waals surface area contributed by atoms with Crippen molar-refractivity contribution in [2.75, 3.05) is 38.2 Å². The Balaban J connectivity index is 1.75. The molecule has 28 heavy (non-hydrogen) atoms. The summed E-state index contributed by atoms with van der Waals surface area (Å²) in [6.45, 7) is 6.31. The number of anilines is 2. The van der Waals surface area contributed by atoms with Crippen LogP contribution >= 0.6 is 0 Å². The van der Waals surface area contributed by atoms with Crippen LogP contribution in [0.25, 0.3) is 5.57 Å². The van der Waals surface area contributed by atoms with Gasteiger partial charge in [-0.05, 0) is 36.6 Å². The first-order valence-corrected chi connectivity index (χ1v) is 9.61. The van der Waals surface area contributed by atoms with Gasteiger partial charge in [0.2, 0.25) is 0 Å². The van der Waals surface area contributed by atoms with Crippen LogP contribution in [-0.2, 0) is 18.3 Å². The van der Waals surface area contributed by atoms with Crippen LogP contribution in [0.5, 0.6) is 0 Å². The average Bonchev–Trinajstić information content (AvgIpc) is 2.71. The summed E-state index contributed by atoms with van der Waals surface area (Å²) in [6.07, 6.45) is 4.11. The number of aromatic nitrogens is 2. The first kappa shape index (κ1) is 20.3. The molecule has 2 N–H and O–H groups in total. The third kappa shape index (κ3) is 5.07. The number of allylic oxidation sites excluding steroid dienone is 1. The van der Waals surface area contributed by atoms with E-state index in [0.29, 0.717) is 12.1 Å². The molecular formula is C21H28N4O3. The number of aryl methyl sites for hydroxylation is 1. The number of nitrogens with zero attached hydrogens (tertiary/aromatic N) is 3. The van der Waals surface area contributed by atoms with Gasteiger partial charge in [-0.2, -0.15) is 0 Å². The lowest BCUT2D eigenvalue weighted by atomic mass is 10.1. The fraction of sp³-hybridized carbons (Fsp3) is 0.429. The second-order valence-electron chi connectivity index (χ2n) is 6.89. The molecule has 0 aliphatic carbocycles. The summed E-state index contributed by atoms with van der Waals surface area (Å²) in [7, 11) is 1.70. The molecule has 150 valence electrons. The smallest absolute Gasteiger partial charge is 0.293 e. The highest BCUT2D eigenvalue weighted by Gasteiger charge is 2.12. The maximum absolute atomic E-state index is 12.5.